The Kier molecular flexibility index (Phi) is 2.98. The normalized spacial score (nSPS) is 9.93. The van der Waals surface area contributed by atoms with E-state index in [1.54, 1.807) is 6.20 Å². The van der Waals surface area contributed by atoms with Crippen molar-refractivity contribution in [2.45, 2.75) is 13.5 Å². The number of hydrogen-bond donors (Lipinski definition) is 0. The largest absolute Gasteiger partial charge is 0.489 e. The zero-order valence-corrected chi connectivity index (χ0v) is 8.68. The maximum Gasteiger partial charge on any atom is 0.122 e. The van der Waals surface area contributed by atoms with Gasteiger partial charge in [0.1, 0.15) is 12.4 Å². The van der Waals surface area contributed by atoms with Crippen LogP contribution in [-0.2, 0) is 6.61 Å². The summed E-state index contributed by atoms with van der Waals surface area (Å²) in [6.07, 6.45) is 3.58. The summed E-state index contributed by atoms with van der Waals surface area (Å²) in [6.45, 7) is 2.61. The van der Waals surface area contributed by atoms with Gasteiger partial charge in [-0.3, -0.25) is 4.98 Å². The third-order valence-corrected chi connectivity index (χ3v) is 2.21. The number of benzene rings is 1. The molecule has 0 saturated carbocycles. The molecule has 0 bridgehead atoms. The lowest BCUT2D eigenvalue weighted by molar-refractivity contribution is 0.303. The first-order valence-corrected chi connectivity index (χ1v) is 4.93. The van der Waals surface area contributed by atoms with Gasteiger partial charge in [0.05, 0.1) is 0 Å². The lowest BCUT2D eigenvalue weighted by atomic mass is 10.2. The zero-order chi connectivity index (χ0) is 10.5. The summed E-state index contributed by atoms with van der Waals surface area (Å²) in [4.78, 5) is 4.04. The topological polar surface area (TPSA) is 22.1 Å². The van der Waals surface area contributed by atoms with Crippen LogP contribution in [0.25, 0.3) is 0 Å². The Labute approximate surface area is 89.6 Å². The fourth-order valence-corrected chi connectivity index (χ4v) is 1.36. The van der Waals surface area contributed by atoms with E-state index in [1.807, 2.05) is 49.5 Å². The van der Waals surface area contributed by atoms with Gasteiger partial charge in [0.2, 0.25) is 0 Å². The molecule has 0 aliphatic carbocycles. The van der Waals surface area contributed by atoms with Gasteiger partial charge in [0, 0.05) is 18.0 Å². The van der Waals surface area contributed by atoms with E-state index in [0.717, 1.165) is 16.9 Å². The Morgan fingerprint density at radius 1 is 1.13 bits per heavy atom. The maximum atomic E-state index is 5.68. The molecule has 0 fully saturated rings. The van der Waals surface area contributed by atoms with Gasteiger partial charge in [-0.05, 0) is 24.6 Å². The summed E-state index contributed by atoms with van der Waals surface area (Å²) in [7, 11) is 0. The number of aryl methyl sites for hydroxylation is 1. The average Bonchev–Trinajstić information content (AvgIpc) is 2.29. The van der Waals surface area contributed by atoms with Crippen LogP contribution in [0.3, 0.4) is 0 Å². The van der Waals surface area contributed by atoms with E-state index >= 15 is 0 Å². The van der Waals surface area contributed by atoms with Gasteiger partial charge in [0.15, 0.2) is 0 Å². The number of rotatable bonds is 3. The van der Waals surface area contributed by atoms with E-state index in [4.69, 9.17) is 4.74 Å². The molecule has 0 saturated heterocycles. The molecule has 2 heteroatoms. The number of ether oxygens (including phenoxy) is 1. The molecule has 0 aliphatic rings. The molecule has 0 unspecified atom stereocenters. The Hall–Kier alpha value is -1.83. The number of aromatic nitrogens is 1. The van der Waals surface area contributed by atoms with Gasteiger partial charge < -0.3 is 4.74 Å². The van der Waals surface area contributed by atoms with Crippen molar-refractivity contribution in [1.82, 2.24) is 4.98 Å². The van der Waals surface area contributed by atoms with E-state index in [2.05, 4.69) is 4.98 Å². The minimum absolute atomic E-state index is 0.568. The molecule has 0 radical (unpaired) electrons. The predicted octanol–water partition coefficient (Wildman–Crippen LogP) is 2.97. The minimum atomic E-state index is 0.568. The first-order valence-electron chi connectivity index (χ1n) is 4.93. The lowest BCUT2D eigenvalue weighted by Crippen LogP contribution is -1.96. The first-order chi connectivity index (χ1) is 7.36. The highest BCUT2D eigenvalue weighted by atomic mass is 16.5. The van der Waals surface area contributed by atoms with Crippen molar-refractivity contribution < 1.29 is 4.74 Å². The molecule has 2 aromatic rings. The molecule has 2 nitrogen and oxygen atoms in total. The molecule has 1 aromatic heterocycles. The highest BCUT2D eigenvalue weighted by Crippen LogP contribution is 2.17. The summed E-state index contributed by atoms with van der Waals surface area (Å²) in [5.41, 5.74) is 2.24. The van der Waals surface area contributed by atoms with Gasteiger partial charge in [-0.25, -0.2) is 0 Å². The number of para-hydroxylation sites is 1. The average molecular weight is 199 g/mol. The van der Waals surface area contributed by atoms with E-state index in [-0.39, 0.29) is 0 Å². The van der Waals surface area contributed by atoms with Gasteiger partial charge in [-0.1, -0.05) is 24.3 Å². The van der Waals surface area contributed by atoms with Crippen molar-refractivity contribution in [2.24, 2.45) is 0 Å². The third kappa shape index (κ3) is 2.56. The highest BCUT2D eigenvalue weighted by Gasteiger charge is 1.98. The Bertz CT molecular complexity index is 426. The molecule has 0 atom stereocenters. The fraction of sp³-hybridized carbons (Fsp3) is 0.154. The summed E-state index contributed by atoms with van der Waals surface area (Å²) < 4.78 is 5.68. The van der Waals surface area contributed by atoms with E-state index in [0.29, 0.717) is 6.61 Å². The van der Waals surface area contributed by atoms with Crippen molar-refractivity contribution in [3.05, 3.63) is 59.9 Å². The van der Waals surface area contributed by atoms with Crippen LogP contribution in [0.1, 0.15) is 11.1 Å². The quantitative estimate of drug-likeness (QED) is 0.758. The van der Waals surface area contributed by atoms with Crippen molar-refractivity contribution in [3.63, 3.8) is 0 Å². The molecule has 1 aromatic carbocycles. The SMILES string of the molecule is Cc1ccccc1OCc1cccnc1. The lowest BCUT2D eigenvalue weighted by Gasteiger charge is -2.08. The van der Waals surface area contributed by atoms with Crippen LogP contribution in [0.5, 0.6) is 5.75 Å². The van der Waals surface area contributed by atoms with Crippen LogP contribution in [0.4, 0.5) is 0 Å². The third-order valence-electron chi connectivity index (χ3n) is 2.21. The van der Waals surface area contributed by atoms with E-state index in [9.17, 15) is 0 Å². The molecule has 76 valence electrons. The zero-order valence-electron chi connectivity index (χ0n) is 8.68. The molecular weight excluding hydrogens is 186 g/mol. The molecule has 1 heterocycles. The molecule has 2 rings (SSSR count). The Balaban J connectivity index is 2.03. The molecule has 0 aliphatic heterocycles. The fourth-order valence-electron chi connectivity index (χ4n) is 1.36. The second-order valence-corrected chi connectivity index (χ2v) is 3.42. The second-order valence-electron chi connectivity index (χ2n) is 3.42. The van der Waals surface area contributed by atoms with Crippen molar-refractivity contribution >= 4 is 0 Å². The monoisotopic (exact) mass is 199 g/mol. The Morgan fingerprint density at radius 3 is 2.73 bits per heavy atom. The molecule has 15 heavy (non-hydrogen) atoms. The van der Waals surface area contributed by atoms with Gasteiger partial charge >= 0.3 is 0 Å². The number of nitrogens with zero attached hydrogens (tertiary/aromatic N) is 1. The molecular formula is C13H13NO. The number of hydrogen-bond acceptors (Lipinski definition) is 2. The van der Waals surface area contributed by atoms with Crippen LogP contribution in [0.15, 0.2) is 48.8 Å². The second kappa shape index (κ2) is 4.60. The van der Waals surface area contributed by atoms with Gasteiger partial charge in [-0.15, -0.1) is 0 Å². The molecule has 0 N–H and O–H groups in total. The first kappa shape index (κ1) is 9.71. The van der Waals surface area contributed by atoms with Crippen molar-refractivity contribution in [3.8, 4) is 5.75 Å². The summed E-state index contributed by atoms with van der Waals surface area (Å²) in [5.74, 6) is 0.932. The standard InChI is InChI=1S/C13H13NO/c1-11-5-2-3-7-13(11)15-10-12-6-4-8-14-9-12/h2-9H,10H2,1H3. The Morgan fingerprint density at radius 2 is 2.00 bits per heavy atom. The maximum absolute atomic E-state index is 5.68. The van der Waals surface area contributed by atoms with Crippen LogP contribution in [0, 0.1) is 6.92 Å². The van der Waals surface area contributed by atoms with Crippen LogP contribution < -0.4 is 4.74 Å². The van der Waals surface area contributed by atoms with Gasteiger partial charge in [0.25, 0.3) is 0 Å². The van der Waals surface area contributed by atoms with E-state index < -0.39 is 0 Å². The van der Waals surface area contributed by atoms with Gasteiger partial charge in [-0.2, -0.15) is 0 Å². The van der Waals surface area contributed by atoms with Crippen molar-refractivity contribution in [1.29, 1.82) is 0 Å². The summed E-state index contributed by atoms with van der Waals surface area (Å²) in [5, 5.41) is 0. The van der Waals surface area contributed by atoms with Crippen LogP contribution >= 0.6 is 0 Å². The predicted molar refractivity (Wildman–Crippen MR) is 59.7 cm³/mol. The molecule has 0 spiro atoms. The minimum Gasteiger partial charge on any atom is -0.489 e. The highest BCUT2D eigenvalue weighted by molar-refractivity contribution is 5.31. The van der Waals surface area contributed by atoms with Crippen LogP contribution in [0.2, 0.25) is 0 Å². The smallest absolute Gasteiger partial charge is 0.122 e. The summed E-state index contributed by atoms with van der Waals surface area (Å²) in [6, 6.07) is 11.9. The summed E-state index contributed by atoms with van der Waals surface area (Å²) >= 11 is 0. The molecule has 0 amide bonds. The van der Waals surface area contributed by atoms with E-state index in [1.165, 1.54) is 0 Å². The number of pyridine rings is 1. The van der Waals surface area contributed by atoms with Crippen LogP contribution in [-0.4, -0.2) is 4.98 Å². The van der Waals surface area contributed by atoms with Crippen molar-refractivity contribution in [2.75, 3.05) is 0 Å².